The van der Waals surface area contributed by atoms with Crippen LogP contribution in [0, 0.1) is 0 Å². The van der Waals surface area contributed by atoms with Gasteiger partial charge in [0.05, 0.1) is 0 Å². The molecule has 2 rings (SSSR count). The second-order valence-corrected chi connectivity index (χ2v) is 5.45. The number of hydrogen-bond acceptors (Lipinski definition) is 2. The molecule has 2 N–H and O–H groups in total. The number of aromatic nitrogens is 2. The largest absolute Gasteiger partial charge is 0.383 e. The zero-order valence-electron chi connectivity index (χ0n) is 11.7. The lowest BCUT2D eigenvalue weighted by molar-refractivity contribution is 0.616. The number of imidazole rings is 1. The molecular formula is C15H20ClN3. The van der Waals surface area contributed by atoms with Crippen LogP contribution in [0.4, 0.5) is 5.82 Å². The van der Waals surface area contributed by atoms with Crippen LogP contribution < -0.4 is 5.73 Å². The fourth-order valence-electron chi connectivity index (χ4n) is 2.20. The molecule has 0 saturated carbocycles. The summed E-state index contributed by atoms with van der Waals surface area (Å²) in [4.78, 5) is 4.72. The Kier molecular flexibility index (Phi) is 4.15. The second-order valence-electron chi connectivity index (χ2n) is 5.02. The molecule has 102 valence electrons. The maximum absolute atomic E-state index is 6.27. The zero-order chi connectivity index (χ0) is 14.0. The fourth-order valence-corrected chi connectivity index (χ4v) is 2.33. The molecular weight excluding hydrogens is 258 g/mol. The molecule has 0 aliphatic carbocycles. The standard InChI is InChI=1S/C15H20ClN3/c1-4-9-19-14(17)13(18-15(19)10(2)3)11-5-7-12(16)8-6-11/h5-8,10H,4,9,17H2,1-3H3. The van der Waals surface area contributed by atoms with Crippen molar-refractivity contribution in [2.75, 3.05) is 5.73 Å². The lowest BCUT2D eigenvalue weighted by Crippen LogP contribution is -2.08. The van der Waals surface area contributed by atoms with E-state index in [2.05, 4.69) is 25.3 Å². The van der Waals surface area contributed by atoms with E-state index in [4.69, 9.17) is 22.3 Å². The molecule has 0 unspecified atom stereocenters. The van der Waals surface area contributed by atoms with Crippen LogP contribution in [0.3, 0.4) is 0 Å². The summed E-state index contributed by atoms with van der Waals surface area (Å²) in [5.74, 6) is 2.15. The lowest BCUT2D eigenvalue weighted by atomic mass is 10.1. The molecule has 0 radical (unpaired) electrons. The first kappa shape index (κ1) is 13.9. The van der Waals surface area contributed by atoms with Crippen molar-refractivity contribution in [2.24, 2.45) is 0 Å². The Morgan fingerprint density at radius 2 is 1.89 bits per heavy atom. The minimum Gasteiger partial charge on any atom is -0.383 e. The van der Waals surface area contributed by atoms with Crippen LogP contribution in [0.15, 0.2) is 24.3 Å². The summed E-state index contributed by atoms with van der Waals surface area (Å²) in [5, 5.41) is 0.722. The van der Waals surface area contributed by atoms with Crippen LogP contribution in [0.1, 0.15) is 38.9 Å². The molecule has 0 saturated heterocycles. The third kappa shape index (κ3) is 2.76. The summed E-state index contributed by atoms with van der Waals surface area (Å²) in [5.41, 5.74) is 8.13. The van der Waals surface area contributed by atoms with Crippen molar-refractivity contribution in [3.05, 3.63) is 35.1 Å². The van der Waals surface area contributed by atoms with Crippen molar-refractivity contribution < 1.29 is 0 Å². The summed E-state index contributed by atoms with van der Waals surface area (Å²) < 4.78 is 2.12. The van der Waals surface area contributed by atoms with Crippen molar-refractivity contribution in [1.82, 2.24) is 9.55 Å². The van der Waals surface area contributed by atoms with Crippen molar-refractivity contribution in [2.45, 2.75) is 39.7 Å². The number of hydrogen-bond donors (Lipinski definition) is 1. The summed E-state index contributed by atoms with van der Waals surface area (Å²) >= 11 is 5.92. The highest BCUT2D eigenvalue weighted by Gasteiger charge is 2.17. The number of nitrogens with two attached hydrogens (primary N) is 1. The Hall–Kier alpha value is -1.48. The van der Waals surface area contributed by atoms with Gasteiger partial charge in [-0.05, 0) is 18.6 Å². The van der Waals surface area contributed by atoms with E-state index in [1.807, 2.05) is 24.3 Å². The van der Waals surface area contributed by atoms with Gasteiger partial charge in [0.15, 0.2) is 0 Å². The summed E-state index contributed by atoms with van der Waals surface area (Å²) in [6.45, 7) is 7.32. The van der Waals surface area contributed by atoms with Gasteiger partial charge in [-0.2, -0.15) is 0 Å². The molecule has 4 heteroatoms. The number of anilines is 1. The minimum absolute atomic E-state index is 0.356. The highest BCUT2D eigenvalue weighted by atomic mass is 35.5. The quantitative estimate of drug-likeness (QED) is 0.904. The van der Waals surface area contributed by atoms with E-state index in [0.29, 0.717) is 5.92 Å². The Morgan fingerprint density at radius 1 is 1.26 bits per heavy atom. The molecule has 1 aromatic heterocycles. The van der Waals surface area contributed by atoms with Gasteiger partial charge in [0.25, 0.3) is 0 Å². The maximum atomic E-state index is 6.27. The van der Waals surface area contributed by atoms with Gasteiger partial charge in [0, 0.05) is 23.0 Å². The van der Waals surface area contributed by atoms with Crippen LogP contribution in [0.25, 0.3) is 11.3 Å². The van der Waals surface area contributed by atoms with E-state index >= 15 is 0 Å². The molecule has 3 nitrogen and oxygen atoms in total. The van der Waals surface area contributed by atoms with Crippen LogP contribution in [0.2, 0.25) is 5.02 Å². The molecule has 1 aromatic carbocycles. The summed E-state index contributed by atoms with van der Waals surface area (Å²) in [6, 6.07) is 7.65. The average Bonchev–Trinajstić information content (AvgIpc) is 2.69. The summed E-state index contributed by atoms with van der Waals surface area (Å²) in [6.07, 6.45) is 1.04. The van der Waals surface area contributed by atoms with Gasteiger partial charge in [-0.25, -0.2) is 4.98 Å². The molecule has 2 aromatic rings. The lowest BCUT2D eigenvalue weighted by Gasteiger charge is -2.10. The molecule has 0 bridgehead atoms. The first-order chi connectivity index (χ1) is 9.04. The maximum Gasteiger partial charge on any atom is 0.131 e. The van der Waals surface area contributed by atoms with E-state index < -0.39 is 0 Å². The normalized spacial score (nSPS) is 11.2. The molecule has 19 heavy (non-hydrogen) atoms. The van der Waals surface area contributed by atoms with Crippen LogP contribution in [-0.2, 0) is 6.54 Å². The van der Waals surface area contributed by atoms with E-state index in [1.165, 1.54) is 0 Å². The predicted molar refractivity (Wildman–Crippen MR) is 81.5 cm³/mol. The minimum atomic E-state index is 0.356. The van der Waals surface area contributed by atoms with E-state index in [0.717, 1.165) is 40.9 Å². The highest BCUT2D eigenvalue weighted by Crippen LogP contribution is 2.30. The van der Waals surface area contributed by atoms with Gasteiger partial charge in [-0.1, -0.05) is 44.5 Å². The number of rotatable bonds is 4. The molecule has 0 fully saturated rings. The molecule has 0 atom stereocenters. The zero-order valence-corrected chi connectivity index (χ0v) is 12.4. The van der Waals surface area contributed by atoms with Crippen molar-refractivity contribution in [3.63, 3.8) is 0 Å². The SMILES string of the molecule is CCCn1c(C(C)C)nc(-c2ccc(Cl)cc2)c1N. The monoisotopic (exact) mass is 277 g/mol. The predicted octanol–water partition coefficient (Wildman–Crippen LogP) is 4.32. The van der Waals surface area contributed by atoms with Gasteiger partial charge in [-0.15, -0.1) is 0 Å². The number of nitrogens with zero attached hydrogens (tertiary/aromatic N) is 2. The van der Waals surface area contributed by atoms with E-state index in [1.54, 1.807) is 0 Å². The second kappa shape index (κ2) is 5.66. The Morgan fingerprint density at radius 3 is 2.42 bits per heavy atom. The first-order valence-corrected chi connectivity index (χ1v) is 7.04. The topological polar surface area (TPSA) is 43.8 Å². The van der Waals surface area contributed by atoms with Gasteiger partial charge >= 0.3 is 0 Å². The van der Waals surface area contributed by atoms with Gasteiger partial charge in [0.1, 0.15) is 17.3 Å². The number of benzene rings is 1. The highest BCUT2D eigenvalue weighted by molar-refractivity contribution is 6.30. The Balaban J connectivity index is 2.52. The molecule has 0 aliphatic rings. The third-order valence-corrected chi connectivity index (χ3v) is 3.37. The molecule has 0 amide bonds. The van der Waals surface area contributed by atoms with Crippen molar-refractivity contribution >= 4 is 17.4 Å². The smallest absolute Gasteiger partial charge is 0.131 e. The van der Waals surface area contributed by atoms with E-state index in [9.17, 15) is 0 Å². The van der Waals surface area contributed by atoms with Gasteiger partial charge in [0.2, 0.25) is 0 Å². The van der Waals surface area contributed by atoms with E-state index in [-0.39, 0.29) is 0 Å². The van der Waals surface area contributed by atoms with Gasteiger partial charge < -0.3 is 10.3 Å². The number of halogens is 1. The molecule has 1 heterocycles. The van der Waals surface area contributed by atoms with Crippen LogP contribution >= 0.6 is 11.6 Å². The number of nitrogen functional groups attached to an aromatic ring is 1. The van der Waals surface area contributed by atoms with Crippen molar-refractivity contribution in [1.29, 1.82) is 0 Å². The third-order valence-electron chi connectivity index (χ3n) is 3.12. The Labute approximate surface area is 119 Å². The van der Waals surface area contributed by atoms with Crippen LogP contribution in [0.5, 0.6) is 0 Å². The van der Waals surface area contributed by atoms with Crippen molar-refractivity contribution in [3.8, 4) is 11.3 Å². The summed E-state index contributed by atoms with van der Waals surface area (Å²) in [7, 11) is 0. The average molecular weight is 278 g/mol. The molecule has 0 aliphatic heterocycles. The molecule has 0 spiro atoms. The Bertz CT molecular complexity index is 556. The van der Waals surface area contributed by atoms with Gasteiger partial charge in [-0.3, -0.25) is 0 Å². The van der Waals surface area contributed by atoms with Crippen LogP contribution in [-0.4, -0.2) is 9.55 Å². The first-order valence-electron chi connectivity index (χ1n) is 6.66. The fraction of sp³-hybridized carbons (Fsp3) is 0.400.